The zero-order valence-electron chi connectivity index (χ0n) is 11.1. The van der Waals surface area contributed by atoms with Gasteiger partial charge < -0.3 is 10.4 Å². The van der Waals surface area contributed by atoms with Crippen LogP contribution in [0.1, 0.15) is 26.5 Å². The van der Waals surface area contributed by atoms with Crippen molar-refractivity contribution in [3.63, 3.8) is 0 Å². The van der Waals surface area contributed by atoms with E-state index >= 15 is 0 Å². The lowest BCUT2D eigenvalue weighted by molar-refractivity contribution is 0.0690. The number of carbonyl (C=O) groups is 2. The highest BCUT2D eigenvalue weighted by molar-refractivity contribution is 5.92. The van der Waals surface area contributed by atoms with Crippen molar-refractivity contribution in [3.05, 3.63) is 57.8 Å². The van der Waals surface area contributed by atoms with Crippen LogP contribution in [-0.4, -0.2) is 31.7 Å². The molecule has 8 heteroatoms. The Morgan fingerprint density at radius 2 is 1.95 bits per heavy atom. The minimum absolute atomic E-state index is 0.0650. The summed E-state index contributed by atoms with van der Waals surface area (Å²) in [7, 11) is 1.45. The molecule has 0 aliphatic heterocycles. The number of hydrogen-bond acceptors (Lipinski definition) is 5. The van der Waals surface area contributed by atoms with Gasteiger partial charge in [-0.1, -0.05) is 6.07 Å². The number of aromatic nitrogens is 3. The molecule has 0 aliphatic rings. The molecule has 0 saturated carbocycles. The van der Waals surface area contributed by atoms with Crippen molar-refractivity contribution in [2.75, 3.05) is 0 Å². The van der Waals surface area contributed by atoms with E-state index in [1.165, 1.54) is 31.4 Å². The number of pyridine rings is 1. The van der Waals surface area contributed by atoms with Gasteiger partial charge in [0.15, 0.2) is 0 Å². The fourth-order valence-corrected chi connectivity index (χ4v) is 1.55. The standard InChI is InChI=1S/C13H12N4O4/c1-17-11(18)5-4-9(16-17)12(19)15-7-8-2-3-10(13(20)21)14-6-8/h2-6H,7H2,1H3,(H,15,19)(H,20,21). The molecule has 2 aromatic heterocycles. The van der Waals surface area contributed by atoms with Crippen LogP contribution in [0.2, 0.25) is 0 Å². The third-order valence-electron chi connectivity index (χ3n) is 2.69. The first-order chi connectivity index (χ1) is 9.97. The Morgan fingerprint density at radius 1 is 1.24 bits per heavy atom. The van der Waals surface area contributed by atoms with E-state index in [4.69, 9.17) is 5.11 Å². The second-order valence-electron chi connectivity index (χ2n) is 4.22. The molecule has 0 unspecified atom stereocenters. The summed E-state index contributed by atoms with van der Waals surface area (Å²) in [4.78, 5) is 37.4. The molecule has 0 spiro atoms. The van der Waals surface area contributed by atoms with E-state index in [0.717, 1.165) is 4.68 Å². The molecule has 0 radical (unpaired) electrons. The first kappa shape index (κ1) is 14.4. The van der Waals surface area contributed by atoms with Crippen molar-refractivity contribution in [2.45, 2.75) is 6.54 Å². The lowest BCUT2D eigenvalue weighted by atomic mass is 10.2. The Hall–Kier alpha value is -3.03. The van der Waals surface area contributed by atoms with Crippen LogP contribution in [-0.2, 0) is 13.6 Å². The van der Waals surface area contributed by atoms with Crippen molar-refractivity contribution < 1.29 is 14.7 Å². The Morgan fingerprint density at radius 3 is 2.52 bits per heavy atom. The maximum Gasteiger partial charge on any atom is 0.354 e. The number of carboxylic acid groups (broad SMARTS) is 1. The van der Waals surface area contributed by atoms with Crippen LogP contribution in [0.15, 0.2) is 35.3 Å². The van der Waals surface area contributed by atoms with Gasteiger partial charge >= 0.3 is 5.97 Å². The van der Waals surface area contributed by atoms with Crippen molar-refractivity contribution in [1.82, 2.24) is 20.1 Å². The molecular weight excluding hydrogens is 276 g/mol. The number of aromatic carboxylic acids is 1. The minimum Gasteiger partial charge on any atom is -0.477 e. The highest BCUT2D eigenvalue weighted by Crippen LogP contribution is 2.01. The number of rotatable bonds is 4. The van der Waals surface area contributed by atoms with Gasteiger partial charge in [-0.05, 0) is 17.7 Å². The Balaban J connectivity index is 2.01. The van der Waals surface area contributed by atoms with Crippen LogP contribution in [0.4, 0.5) is 0 Å². The van der Waals surface area contributed by atoms with E-state index in [-0.39, 0.29) is 23.5 Å². The normalized spacial score (nSPS) is 10.1. The number of hydrogen-bond donors (Lipinski definition) is 2. The second-order valence-corrected chi connectivity index (χ2v) is 4.22. The number of carboxylic acids is 1. The summed E-state index contributed by atoms with van der Waals surface area (Å²) in [6.45, 7) is 0.177. The summed E-state index contributed by atoms with van der Waals surface area (Å²) in [5, 5.41) is 15.1. The maximum atomic E-state index is 11.9. The summed E-state index contributed by atoms with van der Waals surface area (Å²) in [6.07, 6.45) is 1.37. The maximum absolute atomic E-state index is 11.9. The predicted octanol–water partition coefficient (Wildman–Crippen LogP) is -0.197. The molecule has 108 valence electrons. The van der Waals surface area contributed by atoms with Gasteiger partial charge in [0.2, 0.25) is 0 Å². The summed E-state index contributed by atoms with van der Waals surface area (Å²) in [5.74, 6) is -1.55. The van der Waals surface area contributed by atoms with E-state index in [1.54, 1.807) is 6.07 Å². The number of aryl methyl sites for hydroxylation is 1. The van der Waals surface area contributed by atoms with Crippen LogP contribution in [0.3, 0.4) is 0 Å². The molecule has 2 rings (SSSR count). The van der Waals surface area contributed by atoms with E-state index in [1.807, 2.05) is 0 Å². The second kappa shape index (κ2) is 5.95. The monoisotopic (exact) mass is 288 g/mol. The van der Waals surface area contributed by atoms with Gasteiger partial charge in [-0.2, -0.15) is 5.10 Å². The van der Waals surface area contributed by atoms with Crippen molar-refractivity contribution in [3.8, 4) is 0 Å². The van der Waals surface area contributed by atoms with Crippen LogP contribution < -0.4 is 10.9 Å². The molecule has 2 heterocycles. The predicted molar refractivity (Wildman–Crippen MR) is 71.8 cm³/mol. The molecule has 0 atom stereocenters. The van der Waals surface area contributed by atoms with Crippen molar-refractivity contribution in [2.24, 2.45) is 7.05 Å². The summed E-state index contributed by atoms with van der Waals surface area (Å²) >= 11 is 0. The van der Waals surface area contributed by atoms with Gasteiger partial charge in [0.1, 0.15) is 11.4 Å². The molecule has 2 aromatic rings. The highest BCUT2D eigenvalue weighted by Gasteiger charge is 2.09. The fourth-order valence-electron chi connectivity index (χ4n) is 1.55. The molecule has 2 N–H and O–H groups in total. The van der Waals surface area contributed by atoms with Gasteiger partial charge in [-0.25, -0.2) is 14.5 Å². The number of nitrogens with zero attached hydrogens (tertiary/aromatic N) is 3. The van der Waals surface area contributed by atoms with E-state index in [2.05, 4.69) is 15.4 Å². The van der Waals surface area contributed by atoms with Crippen LogP contribution in [0.5, 0.6) is 0 Å². The summed E-state index contributed by atoms with van der Waals surface area (Å²) < 4.78 is 1.07. The molecule has 0 aromatic carbocycles. The minimum atomic E-state index is -1.11. The zero-order chi connectivity index (χ0) is 15.4. The summed E-state index contributed by atoms with van der Waals surface area (Å²) in [6, 6.07) is 5.51. The number of nitrogens with one attached hydrogen (secondary N) is 1. The van der Waals surface area contributed by atoms with Gasteiger partial charge in [0, 0.05) is 25.9 Å². The fraction of sp³-hybridized carbons (Fsp3) is 0.154. The van der Waals surface area contributed by atoms with Crippen LogP contribution in [0.25, 0.3) is 0 Å². The molecular formula is C13H12N4O4. The van der Waals surface area contributed by atoms with Crippen molar-refractivity contribution >= 4 is 11.9 Å². The number of amides is 1. The SMILES string of the molecule is Cn1nc(C(=O)NCc2ccc(C(=O)O)nc2)ccc1=O. The Bertz CT molecular complexity index is 737. The van der Waals surface area contributed by atoms with Gasteiger partial charge in [-0.3, -0.25) is 9.59 Å². The van der Waals surface area contributed by atoms with Gasteiger partial charge in [-0.15, -0.1) is 0 Å². The first-order valence-corrected chi connectivity index (χ1v) is 5.98. The Labute approximate surface area is 119 Å². The van der Waals surface area contributed by atoms with E-state index in [9.17, 15) is 14.4 Å². The molecule has 1 amide bonds. The van der Waals surface area contributed by atoms with E-state index in [0.29, 0.717) is 5.56 Å². The largest absolute Gasteiger partial charge is 0.477 e. The summed E-state index contributed by atoms with van der Waals surface area (Å²) in [5.41, 5.74) is 0.398. The van der Waals surface area contributed by atoms with Crippen LogP contribution in [0, 0.1) is 0 Å². The molecule has 0 fully saturated rings. The third-order valence-corrected chi connectivity index (χ3v) is 2.69. The van der Waals surface area contributed by atoms with Gasteiger partial charge in [0.25, 0.3) is 11.5 Å². The lowest BCUT2D eigenvalue weighted by Crippen LogP contribution is -2.28. The van der Waals surface area contributed by atoms with Crippen LogP contribution >= 0.6 is 0 Å². The first-order valence-electron chi connectivity index (χ1n) is 5.98. The van der Waals surface area contributed by atoms with Crippen molar-refractivity contribution in [1.29, 1.82) is 0 Å². The van der Waals surface area contributed by atoms with Gasteiger partial charge in [0.05, 0.1) is 0 Å². The number of carbonyl (C=O) groups excluding carboxylic acids is 1. The zero-order valence-corrected chi connectivity index (χ0v) is 11.1. The Kier molecular flexibility index (Phi) is 4.07. The molecule has 21 heavy (non-hydrogen) atoms. The molecule has 0 bridgehead atoms. The average molecular weight is 288 g/mol. The topological polar surface area (TPSA) is 114 Å². The highest BCUT2D eigenvalue weighted by atomic mass is 16.4. The molecule has 0 saturated heterocycles. The smallest absolute Gasteiger partial charge is 0.354 e. The van der Waals surface area contributed by atoms with E-state index < -0.39 is 11.9 Å². The quantitative estimate of drug-likeness (QED) is 0.805. The molecule has 0 aliphatic carbocycles. The lowest BCUT2D eigenvalue weighted by Gasteiger charge is -2.05. The third kappa shape index (κ3) is 3.50. The molecule has 8 nitrogen and oxygen atoms in total. The average Bonchev–Trinajstić information content (AvgIpc) is 2.48.